The molecule has 0 saturated carbocycles. The Morgan fingerprint density at radius 3 is 1.30 bits per heavy atom. The first kappa shape index (κ1) is 23.1. The molecule has 0 aromatic carbocycles. The first-order valence-corrected chi connectivity index (χ1v) is 12.3. The molecule has 0 amide bonds. The minimum Gasteiger partial charge on any atom is -0.416 e. The van der Waals surface area contributed by atoms with Crippen LogP contribution in [0.1, 0.15) is 99.3 Å². The second-order valence-corrected chi connectivity index (χ2v) is 13.5. The van der Waals surface area contributed by atoms with Crippen LogP contribution in [0.3, 0.4) is 0 Å². The van der Waals surface area contributed by atoms with E-state index in [1.807, 2.05) is 0 Å². The average molecular weight is 345 g/mol. The van der Waals surface area contributed by atoms with Gasteiger partial charge in [-0.2, -0.15) is 0 Å². The summed E-state index contributed by atoms with van der Waals surface area (Å²) < 4.78 is 6.60. The van der Waals surface area contributed by atoms with Crippen LogP contribution in [0.2, 0.25) is 16.6 Å². The van der Waals surface area contributed by atoms with Crippen molar-refractivity contribution in [2.24, 2.45) is 0 Å². The predicted molar refractivity (Wildman–Crippen MR) is 106 cm³/mol. The lowest BCUT2D eigenvalue weighted by Crippen LogP contribution is -2.47. The van der Waals surface area contributed by atoms with Crippen LogP contribution in [0.25, 0.3) is 0 Å². The zero-order valence-corrected chi connectivity index (χ0v) is 17.9. The topological polar surface area (TPSA) is 29.5 Å². The van der Waals surface area contributed by atoms with Gasteiger partial charge >= 0.3 is 0 Å². The van der Waals surface area contributed by atoms with E-state index in [1.165, 1.54) is 51.4 Å². The molecule has 1 N–H and O–H groups in total. The Balaban J connectivity index is 3.80. The Bertz CT molecular complexity index is 243. The van der Waals surface area contributed by atoms with Crippen molar-refractivity contribution in [3.05, 3.63) is 0 Å². The molecule has 0 fully saturated rings. The van der Waals surface area contributed by atoms with Crippen molar-refractivity contribution in [1.82, 2.24) is 0 Å². The zero-order valence-electron chi connectivity index (χ0n) is 16.9. The summed E-state index contributed by atoms with van der Waals surface area (Å²) in [6.07, 6.45) is 11.4. The molecule has 23 heavy (non-hydrogen) atoms. The van der Waals surface area contributed by atoms with Gasteiger partial charge in [0.05, 0.1) is 0 Å². The van der Waals surface area contributed by atoms with Crippen LogP contribution in [0.4, 0.5) is 0 Å². The Labute approximate surface area is 147 Å². The van der Waals surface area contributed by atoms with Gasteiger partial charge in [-0.1, -0.05) is 86.5 Å². The number of rotatable bonds is 15. The van der Waals surface area contributed by atoms with Crippen LogP contribution in [0.15, 0.2) is 0 Å². The van der Waals surface area contributed by atoms with E-state index in [1.54, 1.807) is 0 Å². The van der Waals surface area contributed by atoms with Crippen molar-refractivity contribution < 1.29 is 9.53 Å². The standard InChI is InChI=1S/C20H44O2Si/c1-18(2)23(19(3)4,20(5)6)22-17-15-13-11-9-7-8-10-12-14-16-21/h18-21H,7-17H2,1-6H3. The minimum atomic E-state index is -1.64. The van der Waals surface area contributed by atoms with Crippen LogP contribution in [-0.2, 0) is 4.43 Å². The molecule has 0 rings (SSSR count). The van der Waals surface area contributed by atoms with Gasteiger partial charge in [-0.05, 0) is 29.5 Å². The Kier molecular flexibility index (Phi) is 13.5. The maximum Gasteiger partial charge on any atom is 0.200 e. The van der Waals surface area contributed by atoms with E-state index in [4.69, 9.17) is 9.53 Å². The van der Waals surface area contributed by atoms with E-state index in [-0.39, 0.29) is 0 Å². The molecule has 0 aliphatic heterocycles. The van der Waals surface area contributed by atoms with Gasteiger partial charge < -0.3 is 9.53 Å². The highest BCUT2D eigenvalue weighted by Gasteiger charge is 2.44. The molecule has 0 heterocycles. The largest absolute Gasteiger partial charge is 0.416 e. The fraction of sp³-hybridized carbons (Fsp3) is 1.00. The number of hydrogen-bond acceptors (Lipinski definition) is 2. The van der Waals surface area contributed by atoms with E-state index >= 15 is 0 Å². The fourth-order valence-corrected chi connectivity index (χ4v) is 9.70. The first-order valence-electron chi connectivity index (χ1n) is 10.1. The van der Waals surface area contributed by atoms with Crippen molar-refractivity contribution in [2.75, 3.05) is 13.2 Å². The molecule has 0 aromatic heterocycles. The summed E-state index contributed by atoms with van der Waals surface area (Å²) in [5, 5.41) is 8.74. The van der Waals surface area contributed by atoms with E-state index in [2.05, 4.69) is 41.5 Å². The molecule has 0 atom stereocenters. The van der Waals surface area contributed by atoms with Crippen LogP contribution >= 0.6 is 0 Å². The van der Waals surface area contributed by atoms with Crippen LogP contribution in [0, 0.1) is 0 Å². The summed E-state index contributed by atoms with van der Waals surface area (Å²) in [6, 6.07) is 0. The molecule has 0 radical (unpaired) electrons. The molecule has 0 unspecified atom stereocenters. The molecule has 0 spiro atoms. The SMILES string of the molecule is CC(C)[Si](OCCCCCCCCCCCO)(C(C)C)C(C)C. The third kappa shape index (κ3) is 8.69. The third-order valence-corrected chi connectivity index (χ3v) is 11.5. The van der Waals surface area contributed by atoms with Gasteiger partial charge in [-0.3, -0.25) is 0 Å². The molecule has 3 heteroatoms. The van der Waals surface area contributed by atoms with Gasteiger partial charge in [0.2, 0.25) is 0 Å². The number of aliphatic hydroxyl groups is 1. The van der Waals surface area contributed by atoms with Gasteiger partial charge in [0.1, 0.15) is 0 Å². The molecule has 0 aromatic rings. The summed E-state index contributed by atoms with van der Waals surface area (Å²) in [6.45, 7) is 15.5. The highest BCUT2D eigenvalue weighted by molar-refractivity contribution is 6.77. The molecule has 0 aliphatic rings. The summed E-state index contributed by atoms with van der Waals surface area (Å²) in [7, 11) is -1.64. The molecule has 0 saturated heterocycles. The smallest absolute Gasteiger partial charge is 0.200 e. The summed E-state index contributed by atoms with van der Waals surface area (Å²) >= 11 is 0. The van der Waals surface area contributed by atoms with E-state index in [0.29, 0.717) is 23.2 Å². The third-order valence-electron chi connectivity index (χ3n) is 5.36. The van der Waals surface area contributed by atoms with Crippen molar-refractivity contribution >= 4 is 8.32 Å². The number of unbranched alkanes of at least 4 members (excludes halogenated alkanes) is 8. The first-order chi connectivity index (χ1) is 10.9. The van der Waals surface area contributed by atoms with Gasteiger partial charge in [-0.25, -0.2) is 0 Å². The monoisotopic (exact) mass is 344 g/mol. The van der Waals surface area contributed by atoms with Crippen molar-refractivity contribution in [2.45, 2.75) is 116 Å². The molecule has 0 aliphatic carbocycles. The second kappa shape index (κ2) is 13.4. The van der Waals surface area contributed by atoms with E-state index < -0.39 is 8.32 Å². The van der Waals surface area contributed by atoms with Gasteiger partial charge in [0.15, 0.2) is 8.32 Å². The number of hydrogen-bond donors (Lipinski definition) is 1. The zero-order chi connectivity index (χ0) is 17.7. The van der Waals surface area contributed by atoms with Crippen LogP contribution in [0.5, 0.6) is 0 Å². The lowest BCUT2D eigenvalue weighted by atomic mass is 10.1. The van der Waals surface area contributed by atoms with Crippen LogP contribution in [-0.4, -0.2) is 26.6 Å². The predicted octanol–water partition coefficient (Wildman–Crippen LogP) is 6.68. The lowest BCUT2D eigenvalue weighted by Gasteiger charge is -2.42. The normalized spacial score (nSPS) is 12.8. The molecule has 0 bridgehead atoms. The minimum absolute atomic E-state index is 0.355. The Morgan fingerprint density at radius 1 is 0.609 bits per heavy atom. The van der Waals surface area contributed by atoms with Gasteiger partial charge in [-0.15, -0.1) is 0 Å². The van der Waals surface area contributed by atoms with Crippen molar-refractivity contribution in [3.8, 4) is 0 Å². The summed E-state index contributed by atoms with van der Waals surface area (Å²) in [5.41, 5.74) is 2.09. The quantitative estimate of drug-likeness (QED) is 0.265. The number of aliphatic hydroxyl groups excluding tert-OH is 1. The van der Waals surface area contributed by atoms with Crippen molar-refractivity contribution in [3.63, 3.8) is 0 Å². The Hall–Kier alpha value is 0.137. The molecule has 2 nitrogen and oxygen atoms in total. The molecule has 140 valence electrons. The average Bonchev–Trinajstić information content (AvgIpc) is 2.47. The Morgan fingerprint density at radius 2 is 0.957 bits per heavy atom. The second-order valence-electron chi connectivity index (χ2n) is 8.07. The highest BCUT2D eigenvalue weighted by Crippen LogP contribution is 2.42. The summed E-state index contributed by atoms with van der Waals surface area (Å²) in [5.74, 6) is 0. The maximum absolute atomic E-state index is 8.74. The highest BCUT2D eigenvalue weighted by atomic mass is 28.4. The van der Waals surface area contributed by atoms with E-state index in [9.17, 15) is 0 Å². The molecular weight excluding hydrogens is 300 g/mol. The summed E-state index contributed by atoms with van der Waals surface area (Å²) in [4.78, 5) is 0. The van der Waals surface area contributed by atoms with Gasteiger partial charge in [0.25, 0.3) is 0 Å². The van der Waals surface area contributed by atoms with Gasteiger partial charge in [0, 0.05) is 13.2 Å². The van der Waals surface area contributed by atoms with Crippen LogP contribution < -0.4 is 0 Å². The lowest BCUT2D eigenvalue weighted by molar-refractivity contribution is 0.267. The molecular formula is C20H44O2Si. The maximum atomic E-state index is 8.74. The van der Waals surface area contributed by atoms with Crippen molar-refractivity contribution in [1.29, 1.82) is 0 Å². The fourth-order valence-electron chi connectivity index (χ4n) is 4.20. The van der Waals surface area contributed by atoms with E-state index in [0.717, 1.165) is 13.0 Å².